The smallest absolute Gasteiger partial charge is 0.337 e. The number of hydrogen-bond acceptors (Lipinski definition) is 6. The lowest BCUT2D eigenvalue weighted by Gasteiger charge is -2.09. The second kappa shape index (κ2) is 7.53. The van der Waals surface area contributed by atoms with E-state index in [2.05, 4.69) is 15.4 Å². The summed E-state index contributed by atoms with van der Waals surface area (Å²) < 4.78 is 24.4. The number of nitrogens with one attached hydrogen (secondary N) is 2. The number of carbonyl (C=O) groups is 2. The predicted octanol–water partition coefficient (Wildman–Crippen LogP) is 1.05. The Hall–Kier alpha value is -3.27. The summed E-state index contributed by atoms with van der Waals surface area (Å²) in [6, 6.07) is 8.33. The summed E-state index contributed by atoms with van der Waals surface area (Å²) in [7, 11) is -4.08. The molecule has 10 heteroatoms. The van der Waals surface area contributed by atoms with E-state index < -0.39 is 21.9 Å². The van der Waals surface area contributed by atoms with E-state index in [0.29, 0.717) is 5.69 Å². The monoisotopic (exact) mass is 362 g/mol. The van der Waals surface area contributed by atoms with Crippen molar-refractivity contribution in [3.63, 3.8) is 0 Å². The number of carbonyl (C=O) groups excluding carboxylic acids is 1. The Labute approximate surface area is 143 Å². The summed E-state index contributed by atoms with van der Waals surface area (Å²) in [6.07, 6.45) is 2.73. The normalized spacial score (nSPS) is 11.2. The number of carboxylic acids is 1. The zero-order valence-electron chi connectivity index (χ0n) is 13.0. The summed E-state index contributed by atoms with van der Waals surface area (Å²) in [4.78, 5) is 28.0. The van der Waals surface area contributed by atoms with Gasteiger partial charge in [-0.15, -0.1) is 0 Å². The minimum Gasteiger partial charge on any atom is -0.478 e. The van der Waals surface area contributed by atoms with Crippen molar-refractivity contribution in [3.8, 4) is 0 Å². The zero-order chi connectivity index (χ0) is 18.4. The largest absolute Gasteiger partial charge is 0.478 e. The molecule has 2 aromatic rings. The lowest BCUT2D eigenvalue weighted by atomic mass is 10.2. The molecule has 0 atom stereocenters. The van der Waals surface area contributed by atoms with Gasteiger partial charge in [-0.1, -0.05) is 6.07 Å². The van der Waals surface area contributed by atoms with Gasteiger partial charge in [0.2, 0.25) is 5.91 Å². The first-order valence-electron chi connectivity index (χ1n) is 6.90. The van der Waals surface area contributed by atoms with E-state index in [1.165, 1.54) is 25.4 Å². The molecule has 0 aliphatic carbocycles. The molecule has 0 unspecified atom stereocenters. The number of hydrazone groups is 1. The van der Waals surface area contributed by atoms with Crippen molar-refractivity contribution in [2.45, 2.75) is 11.8 Å². The number of sulfonamides is 1. The van der Waals surface area contributed by atoms with Crippen LogP contribution in [0.5, 0.6) is 0 Å². The van der Waals surface area contributed by atoms with Crippen LogP contribution in [0.25, 0.3) is 0 Å². The fraction of sp³-hybridized carbons (Fsp3) is 0.0667. The summed E-state index contributed by atoms with van der Waals surface area (Å²) in [5, 5.41) is 15.1. The highest BCUT2D eigenvalue weighted by Gasteiger charge is 2.19. The van der Waals surface area contributed by atoms with Crippen molar-refractivity contribution in [2.24, 2.45) is 5.10 Å². The molecule has 25 heavy (non-hydrogen) atoms. The van der Waals surface area contributed by atoms with E-state index >= 15 is 0 Å². The van der Waals surface area contributed by atoms with Crippen LogP contribution in [0.3, 0.4) is 0 Å². The van der Waals surface area contributed by atoms with Crippen molar-refractivity contribution in [3.05, 3.63) is 53.9 Å². The molecule has 0 fully saturated rings. The van der Waals surface area contributed by atoms with Gasteiger partial charge in [0.25, 0.3) is 10.0 Å². The van der Waals surface area contributed by atoms with Gasteiger partial charge in [0.1, 0.15) is 0 Å². The Balaban J connectivity index is 2.26. The molecule has 0 saturated carbocycles. The molecule has 0 aliphatic rings. The molecular weight excluding hydrogens is 348 g/mol. The molecule has 3 N–H and O–H groups in total. The number of nitrogens with zero attached hydrogens (tertiary/aromatic N) is 2. The van der Waals surface area contributed by atoms with Gasteiger partial charge >= 0.3 is 5.97 Å². The highest BCUT2D eigenvalue weighted by Crippen LogP contribution is 2.20. The van der Waals surface area contributed by atoms with Crippen molar-refractivity contribution in [2.75, 3.05) is 5.32 Å². The fourth-order valence-electron chi connectivity index (χ4n) is 1.83. The van der Waals surface area contributed by atoms with E-state index in [1.54, 1.807) is 18.2 Å². The van der Waals surface area contributed by atoms with Crippen LogP contribution in [0, 0.1) is 0 Å². The van der Waals surface area contributed by atoms with Crippen LogP contribution < -0.4 is 10.1 Å². The van der Waals surface area contributed by atoms with Crippen molar-refractivity contribution in [1.82, 2.24) is 9.82 Å². The first-order chi connectivity index (χ1) is 11.8. The third-order valence-electron chi connectivity index (χ3n) is 2.90. The third kappa shape index (κ3) is 4.85. The van der Waals surface area contributed by atoms with E-state index in [0.717, 1.165) is 12.1 Å². The Kier molecular flexibility index (Phi) is 5.45. The summed E-state index contributed by atoms with van der Waals surface area (Å²) in [6.45, 7) is 1.21. The van der Waals surface area contributed by atoms with Crippen LogP contribution in [0.1, 0.15) is 23.0 Å². The number of carboxylic acid groups (broad SMARTS) is 1. The highest BCUT2D eigenvalue weighted by molar-refractivity contribution is 7.89. The number of aromatic nitrogens is 1. The first-order valence-corrected chi connectivity index (χ1v) is 8.39. The molecule has 0 bridgehead atoms. The molecule has 2 rings (SSSR count). The van der Waals surface area contributed by atoms with Gasteiger partial charge in [-0.3, -0.25) is 9.78 Å². The minimum absolute atomic E-state index is 0.00376. The van der Waals surface area contributed by atoms with E-state index in [9.17, 15) is 23.1 Å². The summed E-state index contributed by atoms with van der Waals surface area (Å²) in [5.74, 6) is -1.85. The highest BCUT2D eigenvalue weighted by atomic mass is 32.2. The maximum Gasteiger partial charge on any atom is 0.337 e. The molecule has 1 aromatic heterocycles. The topological polar surface area (TPSA) is 138 Å². The van der Waals surface area contributed by atoms with Crippen molar-refractivity contribution in [1.29, 1.82) is 0 Å². The van der Waals surface area contributed by atoms with Gasteiger partial charge in [0.05, 0.1) is 28.1 Å². The molecule has 9 nitrogen and oxygen atoms in total. The van der Waals surface area contributed by atoms with Crippen LogP contribution in [-0.4, -0.2) is 36.6 Å². The van der Waals surface area contributed by atoms with Gasteiger partial charge in [0.15, 0.2) is 0 Å². The van der Waals surface area contributed by atoms with Gasteiger partial charge in [-0.05, 0) is 30.3 Å². The summed E-state index contributed by atoms with van der Waals surface area (Å²) in [5.41, 5.74) is 0.0835. The molecule has 1 aromatic carbocycles. The lowest BCUT2D eigenvalue weighted by molar-refractivity contribution is -0.114. The molecule has 0 radical (unpaired) electrons. The SMILES string of the molecule is CC(=O)Nc1ccc(S(=O)(=O)N/N=C/c2ccccn2)cc1C(=O)O. The number of hydrogen-bond donors (Lipinski definition) is 3. The maximum atomic E-state index is 12.2. The number of anilines is 1. The van der Waals surface area contributed by atoms with Crippen LogP contribution in [0.2, 0.25) is 0 Å². The van der Waals surface area contributed by atoms with E-state index in [-0.39, 0.29) is 16.1 Å². The fourth-order valence-corrected chi connectivity index (χ4v) is 2.65. The number of amides is 1. The van der Waals surface area contributed by atoms with Crippen LogP contribution in [0.15, 0.2) is 52.6 Å². The molecule has 0 saturated heterocycles. The van der Waals surface area contributed by atoms with E-state index in [4.69, 9.17) is 0 Å². The standard InChI is InChI=1S/C15H14N4O5S/c1-10(20)18-14-6-5-12(8-13(14)15(21)22)25(23,24)19-17-9-11-4-2-3-7-16-11/h2-9,19H,1H3,(H,18,20)(H,21,22)/b17-9+. The van der Waals surface area contributed by atoms with Crippen molar-refractivity contribution < 1.29 is 23.1 Å². The Morgan fingerprint density at radius 1 is 1.24 bits per heavy atom. The third-order valence-corrected chi connectivity index (χ3v) is 4.12. The molecule has 1 heterocycles. The Morgan fingerprint density at radius 2 is 2.00 bits per heavy atom. The summed E-state index contributed by atoms with van der Waals surface area (Å²) >= 11 is 0. The second-order valence-electron chi connectivity index (χ2n) is 4.80. The van der Waals surface area contributed by atoms with Gasteiger partial charge in [0, 0.05) is 13.1 Å². The second-order valence-corrected chi connectivity index (χ2v) is 6.46. The molecule has 130 valence electrons. The minimum atomic E-state index is -4.08. The Bertz CT molecular complexity index is 926. The molecule has 1 amide bonds. The number of benzene rings is 1. The average Bonchev–Trinajstić information content (AvgIpc) is 2.55. The predicted molar refractivity (Wildman–Crippen MR) is 89.9 cm³/mol. The van der Waals surface area contributed by atoms with Crippen LogP contribution in [-0.2, 0) is 14.8 Å². The van der Waals surface area contributed by atoms with Gasteiger partial charge in [-0.2, -0.15) is 13.5 Å². The average molecular weight is 362 g/mol. The van der Waals surface area contributed by atoms with Gasteiger partial charge < -0.3 is 10.4 Å². The molecule has 0 spiro atoms. The Morgan fingerprint density at radius 3 is 2.60 bits per heavy atom. The zero-order valence-corrected chi connectivity index (χ0v) is 13.8. The van der Waals surface area contributed by atoms with Crippen molar-refractivity contribution >= 4 is 33.8 Å². The molecular formula is C15H14N4O5S. The molecule has 0 aliphatic heterocycles. The maximum absolute atomic E-state index is 12.2. The van der Waals surface area contributed by atoms with E-state index in [1.807, 2.05) is 4.83 Å². The number of pyridine rings is 1. The number of aromatic carboxylic acids is 1. The van der Waals surface area contributed by atoms with Crippen LogP contribution in [0.4, 0.5) is 5.69 Å². The van der Waals surface area contributed by atoms with Crippen LogP contribution >= 0.6 is 0 Å². The number of rotatable bonds is 6. The quantitative estimate of drug-likeness (QED) is 0.519. The first kappa shape index (κ1) is 18.1. The van der Waals surface area contributed by atoms with Gasteiger partial charge in [-0.25, -0.2) is 9.63 Å². The lowest BCUT2D eigenvalue weighted by Crippen LogP contribution is -2.19.